The summed E-state index contributed by atoms with van der Waals surface area (Å²) in [5.41, 5.74) is 0. The van der Waals surface area contributed by atoms with Crippen LogP contribution in [0, 0.1) is 12.4 Å². The van der Waals surface area contributed by atoms with Gasteiger partial charge in [0.15, 0.2) is 0 Å². The molecule has 0 heterocycles. The Bertz CT molecular complexity index is 19.7. The van der Waals surface area contributed by atoms with E-state index in [0.29, 0.717) is 0 Å². The Hall–Kier alpha value is 1.79. The normalized spacial score (nSPS) is 5.14. The van der Waals surface area contributed by atoms with Gasteiger partial charge in [-0.3, -0.25) is 4.70 Å². The van der Waals surface area contributed by atoms with Gasteiger partial charge in [0.2, 0.25) is 0 Å². The molecular formula is H3CaClFO3P. The maximum Gasteiger partial charge on any atom is 2.00 e. The van der Waals surface area contributed by atoms with Gasteiger partial charge >= 0.3 is 37.7 Å². The molecule has 0 spiro atoms. The van der Waals surface area contributed by atoms with Crippen LogP contribution in [0.2, 0.25) is 0 Å². The molecule has 0 aliphatic carbocycles. The average Bonchev–Trinajstić information content (AvgIpc) is 0.811. The third-order valence-electron chi connectivity index (χ3n) is 0. The van der Waals surface area contributed by atoms with Gasteiger partial charge < -0.3 is 23.3 Å². The van der Waals surface area contributed by atoms with Crippen molar-refractivity contribution in [3.05, 3.63) is 0 Å². The summed E-state index contributed by atoms with van der Waals surface area (Å²) in [6, 6.07) is 0. The summed E-state index contributed by atoms with van der Waals surface area (Å²) in [6.07, 6.45) is 0. The van der Waals surface area contributed by atoms with Gasteiger partial charge in [0.1, 0.15) is 0 Å². The molecule has 0 fully saturated rings. The van der Waals surface area contributed by atoms with E-state index in [-0.39, 0.29) is 54.8 Å². The van der Waals surface area contributed by atoms with Crippen LogP contribution in [0.15, 0.2) is 0 Å². The summed E-state index contributed by atoms with van der Waals surface area (Å²) in [5.74, 6) is 0. The first kappa shape index (κ1) is 23.2. The first-order chi connectivity index (χ1) is 1.73. The third-order valence-corrected chi connectivity index (χ3v) is 0. The van der Waals surface area contributed by atoms with E-state index in [1.165, 1.54) is 0 Å². The molecule has 42 valence electrons. The Morgan fingerprint density at radius 2 is 1.00 bits per heavy atom. The van der Waals surface area contributed by atoms with E-state index in [1.54, 1.807) is 0 Å². The fraction of sp³-hybridized carbons (Fsp3) is 0. The second-order valence-electron chi connectivity index (χ2n) is 0.224. The summed E-state index contributed by atoms with van der Waals surface area (Å²) in [4.78, 5) is 25.4. The van der Waals surface area contributed by atoms with Crippen LogP contribution in [0.4, 0.5) is 4.70 Å². The Morgan fingerprint density at radius 3 is 1.00 bits per heavy atom. The largest absolute Gasteiger partial charge is 2.00 e. The number of hydrogen-bond acceptors (Lipinski definition) is 3. The zero-order valence-corrected chi connectivity index (χ0v) is 7.23. The van der Waals surface area contributed by atoms with Crippen LogP contribution in [-0.2, 0) is 0 Å². The van der Waals surface area contributed by atoms with Gasteiger partial charge in [0.25, 0.3) is 0 Å². The second kappa shape index (κ2) is 15.7. The van der Waals surface area contributed by atoms with Crippen LogP contribution in [0.1, 0.15) is 0 Å². The monoisotopic (exact) mass is 176 g/mol. The Morgan fingerprint density at radius 1 is 1.00 bits per heavy atom. The van der Waals surface area contributed by atoms with E-state index >= 15 is 0 Å². The maximum atomic E-state index is 8.48. The van der Waals surface area contributed by atoms with E-state index in [2.05, 4.69) is 0 Å². The molecule has 7 heteroatoms. The van der Waals surface area contributed by atoms with E-state index in [4.69, 9.17) is 14.7 Å². The Kier molecular flexibility index (Phi) is 52.0. The van der Waals surface area contributed by atoms with Crippen molar-refractivity contribution in [2.24, 2.45) is 0 Å². The maximum absolute atomic E-state index is 8.48. The van der Waals surface area contributed by atoms with E-state index in [0.717, 1.165) is 0 Å². The molecule has 0 aromatic carbocycles. The molecule has 0 aromatic heterocycles. The SMILES string of the molecule is F.[Ca+2].[ClH2+].[O-]P([O-])[O-]. The van der Waals surface area contributed by atoms with E-state index in [9.17, 15) is 0 Å². The predicted molar refractivity (Wildman–Crippen MR) is 18.0 cm³/mol. The van der Waals surface area contributed by atoms with Crippen LogP contribution in [0.25, 0.3) is 0 Å². The fourth-order valence-electron chi connectivity index (χ4n) is 0. The molecule has 0 atom stereocenters. The van der Waals surface area contributed by atoms with Crippen LogP contribution < -0.4 is 14.7 Å². The van der Waals surface area contributed by atoms with Gasteiger partial charge in [-0.15, -0.1) is 0 Å². The summed E-state index contributed by atoms with van der Waals surface area (Å²) in [6.45, 7) is 0. The molecule has 0 saturated carbocycles. The third kappa shape index (κ3) is 81.5. The smallest absolute Gasteiger partial charge is 0.854 e. The van der Waals surface area contributed by atoms with Crippen molar-refractivity contribution in [3.63, 3.8) is 0 Å². The zero-order valence-electron chi connectivity index (χ0n) is 3.23. The standard InChI is InChI=1S/Ca.ClH2.FH.O3P/c;;;1-4(2)3/h;1H2;1H;/q+2;+1;;-3. The van der Waals surface area contributed by atoms with Crippen molar-refractivity contribution in [1.29, 1.82) is 0 Å². The topological polar surface area (TPSA) is 69.2 Å². The minimum atomic E-state index is -3.37. The summed E-state index contributed by atoms with van der Waals surface area (Å²) in [5, 5.41) is 0. The summed E-state index contributed by atoms with van der Waals surface area (Å²) in [7, 11) is -3.37. The van der Waals surface area contributed by atoms with Crippen LogP contribution in [-0.4, -0.2) is 37.7 Å². The summed E-state index contributed by atoms with van der Waals surface area (Å²) >= 11 is 0. The Balaban J connectivity index is -0.0000000150. The molecule has 0 amide bonds. The van der Waals surface area contributed by atoms with Gasteiger partial charge in [-0.1, -0.05) is 0 Å². The molecule has 0 rings (SSSR count). The average molecular weight is 177 g/mol. The summed E-state index contributed by atoms with van der Waals surface area (Å²) < 4.78 is 0. The predicted octanol–water partition coefficient (Wildman–Crippen LogP) is -3.47. The van der Waals surface area contributed by atoms with Gasteiger partial charge in [-0.25, -0.2) is 0 Å². The number of rotatable bonds is 0. The van der Waals surface area contributed by atoms with Gasteiger partial charge in [-0.05, 0) is 0 Å². The molecule has 7 heavy (non-hydrogen) atoms. The molecule has 0 aromatic rings. The molecule has 0 saturated heterocycles. The molecule has 0 aliphatic heterocycles. The van der Waals surface area contributed by atoms with Gasteiger partial charge in [0, 0.05) is 0 Å². The first-order valence-corrected chi connectivity index (χ1v) is 1.64. The zero-order chi connectivity index (χ0) is 3.58. The molecule has 0 aliphatic rings. The van der Waals surface area contributed by atoms with Crippen molar-refractivity contribution in [3.8, 4) is 0 Å². The minimum absolute atomic E-state index is 0. The molecule has 0 bridgehead atoms. The fourth-order valence-corrected chi connectivity index (χ4v) is 0. The molecule has 3 nitrogen and oxygen atoms in total. The first-order valence-electron chi connectivity index (χ1n) is 0.548. The molecule has 0 N–H and O–H groups in total. The van der Waals surface area contributed by atoms with Crippen molar-refractivity contribution in [2.75, 3.05) is 0 Å². The number of halogens is 2. The molecule has 0 radical (unpaired) electrons. The van der Waals surface area contributed by atoms with Gasteiger partial charge in [0.05, 0.1) is 12.4 Å². The van der Waals surface area contributed by atoms with E-state index in [1.807, 2.05) is 0 Å². The van der Waals surface area contributed by atoms with Crippen LogP contribution in [0.5, 0.6) is 0 Å². The van der Waals surface area contributed by atoms with Crippen molar-refractivity contribution in [2.45, 2.75) is 0 Å². The minimum Gasteiger partial charge on any atom is -0.854 e. The molecule has 0 unspecified atom stereocenters. The Labute approximate surface area is 77.5 Å². The van der Waals surface area contributed by atoms with Crippen LogP contribution in [0.3, 0.4) is 0 Å². The van der Waals surface area contributed by atoms with Crippen molar-refractivity contribution < 1.29 is 31.8 Å². The second-order valence-corrected chi connectivity index (χ2v) is 0.671. The van der Waals surface area contributed by atoms with Crippen LogP contribution >= 0.6 is 8.60 Å². The van der Waals surface area contributed by atoms with E-state index < -0.39 is 8.60 Å². The quantitative estimate of drug-likeness (QED) is 0.285. The van der Waals surface area contributed by atoms with Crippen molar-refractivity contribution in [1.82, 2.24) is 0 Å². The molecular weight excluding hydrogens is 174 g/mol. The van der Waals surface area contributed by atoms with Crippen molar-refractivity contribution >= 4 is 46.3 Å². The van der Waals surface area contributed by atoms with Gasteiger partial charge in [-0.2, -0.15) is 0 Å². The number of hydrogen-bond donors (Lipinski definition) is 0.